The number of rotatable bonds is 5. The highest BCUT2D eigenvalue weighted by atomic mass is 35.5. The van der Waals surface area contributed by atoms with Gasteiger partial charge in [0.1, 0.15) is 5.75 Å². The van der Waals surface area contributed by atoms with E-state index in [1.54, 1.807) is 49.6 Å². The van der Waals surface area contributed by atoms with Crippen LogP contribution in [-0.2, 0) is 0 Å². The number of nitrogens with one attached hydrogen (secondary N) is 1. The molecule has 0 saturated carbocycles. The number of carbonyl (C=O) groups excluding carboxylic acids is 1. The van der Waals surface area contributed by atoms with E-state index in [0.29, 0.717) is 15.6 Å². The molecule has 0 radical (unpaired) electrons. The Kier molecular flexibility index (Phi) is 4.88. The smallest absolute Gasteiger partial charge is 0.181 e. The number of halogens is 2. The highest BCUT2D eigenvalue weighted by Crippen LogP contribution is 2.25. The average Bonchev–Trinajstić information content (AvgIpc) is 2.48. The molecule has 5 heteroatoms. The molecule has 0 amide bonds. The molecule has 0 aliphatic carbocycles. The highest BCUT2D eigenvalue weighted by Gasteiger charge is 2.06. The molecule has 2 rings (SSSR count). The van der Waals surface area contributed by atoms with E-state index in [4.69, 9.17) is 27.9 Å². The number of Topliss-reactive ketones (excluding diaryl/α,β-unsaturated/α-hetero) is 1. The molecular formula is C15H13Cl2NO2. The zero-order valence-corrected chi connectivity index (χ0v) is 12.3. The first-order valence-electron chi connectivity index (χ1n) is 5.96. The number of carbonyl (C=O) groups is 1. The molecule has 20 heavy (non-hydrogen) atoms. The predicted molar refractivity (Wildman–Crippen MR) is 82.3 cm³/mol. The lowest BCUT2D eigenvalue weighted by Gasteiger charge is -2.07. The second-order valence-electron chi connectivity index (χ2n) is 4.13. The van der Waals surface area contributed by atoms with Crippen LogP contribution in [0.4, 0.5) is 5.69 Å². The van der Waals surface area contributed by atoms with Gasteiger partial charge in [0, 0.05) is 11.3 Å². The molecule has 2 aromatic carbocycles. The van der Waals surface area contributed by atoms with Crippen molar-refractivity contribution in [2.75, 3.05) is 19.0 Å². The lowest BCUT2D eigenvalue weighted by atomic mass is 10.1. The Bertz CT molecular complexity index is 612. The Labute approximate surface area is 127 Å². The van der Waals surface area contributed by atoms with Crippen LogP contribution in [0.1, 0.15) is 10.4 Å². The first-order valence-corrected chi connectivity index (χ1v) is 6.72. The fourth-order valence-electron chi connectivity index (χ4n) is 1.67. The molecule has 0 bridgehead atoms. The zero-order valence-electron chi connectivity index (χ0n) is 10.8. The molecule has 3 nitrogen and oxygen atoms in total. The van der Waals surface area contributed by atoms with Crippen LogP contribution >= 0.6 is 23.2 Å². The number of ketones is 1. The predicted octanol–water partition coefficient (Wildman–Crippen LogP) is 4.30. The summed E-state index contributed by atoms with van der Waals surface area (Å²) in [5.74, 6) is 0.706. The molecule has 0 heterocycles. The van der Waals surface area contributed by atoms with Crippen LogP contribution in [0.15, 0.2) is 42.5 Å². The van der Waals surface area contributed by atoms with Gasteiger partial charge >= 0.3 is 0 Å². The van der Waals surface area contributed by atoms with Crippen molar-refractivity contribution < 1.29 is 9.53 Å². The van der Waals surface area contributed by atoms with E-state index in [0.717, 1.165) is 11.4 Å². The molecule has 0 unspecified atom stereocenters. The monoisotopic (exact) mass is 309 g/mol. The van der Waals surface area contributed by atoms with Gasteiger partial charge in [0.15, 0.2) is 5.78 Å². The molecule has 1 N–H and O–H groups in total. The van der Waals surface area contributed by atoms with Crippen molar-refractivity contribution in [1.29, 1.82) is 0 Å². The van der Waals surface area contributed by atoms with Gasteiger partial charge in [-0.15, -0.1) is 0 Å². The average molecular weight is 310 g/mol. The molecule has 0 atom stereocenters. The number of hydrogen-bond donors (Lipinski definition) is 1. The van der Waals surface area contributed by atoms with Crippen molar-refractivity contribution in [1.82, 2.24) is 0 Å². The van der Waals surface area contributed by atoms with E-state index in [9.17, 15) is 4.79 Å². The lowest BCUT2D eigenvalue weighted by Crippen LogP contribution is -2.13. The maximum absolute atomic E-state index is 12.0. The van der Waals surface area contributed by atoms with Gasteiger partial charge in [0.25, 0.3) is 0 Å². The summed E-state index contributed by atoms with van der Waals surface area (Å²) in [5.41, 5.74) is 1.37. The Morgan fingerprint density at radius 1 is 1.10 bits per heavy atom. The maximum atomic E-state index is 12.0. The minimum absolute atomic E-state index is 0.0151. The van der Waals surface area contributed by atoms with E-state index >= 15 is 0 Å². The minimum atomic E-state index is -0.0151. The number of methoxy groups -OCH3 is 1. The largest absolute Gasteiger partial charge is 0.497 e. The van der Waals surface area contributed by atoms with Gasteiger partial charge in [-0.2, -0.15) is 0 Å². The molecule has 0 aliphatic rings. The Hall–Kier alpha value is -1.71. The van der Waals surface area contributed by atoms with Crippen molar-refractivity contribution in [3.8, 4) is 5.75 Å². The van der Waals surface area contributed by atoms with E-state index < -0.39 is 0 Å². The number of anilines is 1. The van der Waals surface area contributed by atoms with E-state index in [2.05, 4.69) is 5.32 Å². The van der Waals surface area contributed by atoms with Gasteiger partial charge < -0.3 is 10.1 Å². The fourth-order valence-corrected chi connectivity index (χ4v) is 1.97. The van der Waals surface area contributed by atoms with Crippen LogP contribution in [0.25, 0.3) is 0 Å². The van der Waals surface area contributed by atoms with Gasteiger partial charge in [-0.1, -0.05) is 23.2 Å². The van der Waals surface area contributed by atoms with Gasteiger partial charge in [-0.05, 0) is 42.5 Å². The van der Waals surface area contributed by atoms with E-state index in [-0.39, 0.29) is 12.3 Å². The summed E-state index contributed by atoms with van der Waals surface area (Å²) in [6.07, 6.45) is 0. The molecule has 0 aromatic heterocycles. The van der Waals surface area contributed by atoms with Crippen LogP contribution in [0.2, 0.25) is 10.0 Å². The molecule has 2 aromatic rings. The summed E-state index contributed by atoms with van der Waals surface area (Å²) in [7, 11) is 1.59. The zero-order chi connectivity index (χ0) is 14.5. The third kappa shape index (κ3) is 3.65. The molecule has 0 saturated heterocycles. The fraction of sp³-hybridized carbons (Fsp3) is 0.133. The van der Waals surface area contributed by atoms with Gasteiger partial charge in [-0.3, -0.25) is 4.79 Å². The normalized spacial score (nSPS) is 10.2. The van der Waals surface area contributed by atoms with Crippen LogP contribution in [0, 0.1) is 0 Å². The van der Waals surface area contributed by atoms with Gasteiger partial charge in [0.2, 0.25) is 0 Å². The summed E-state index contributed by atoms with van der Waals surface area (Å²) in [5, 5.41) is 3.95. The minimum Gasteiger partial charge on any atom is -0.497 e. The van der Waals surface area contributed by atoms with Crippen molar-refractivity contribution in [3.05, 3.63) is 58.1 Å². The second kappa shape index (κ2) is 6.64. The van der Waals surface area contributed by atoms with Crippen LogP contribution in [-0.4, -0.2) is 19.4 Å². The summed E-state index contributed by atoms with van der Waals surface area (Å²) in [4.78, 5) is 12.0. The molecule has 0 aliphatic heterocycles. The first-order chi connectivity index (χ1) is 9.60. The van der Waals surface area contributed by atoms with Gasteiger partial charge in [-0.25, -0.2) is 0 Å². The SMILES string of the molecule is COc1ccc(C(=O)CNc2ccc(Cl)c(Cl)c2)cc1. The topological polar surface area (TPSA) is 38.3 Å². The van der Waals surface area contributed by atoms with Crippen LogP contribution < -0.4 is 10.1 Å². The third-order valence-electron chi connectivity index (χ3n) is 2.78. The summed E-state index contributed by atoms with van der Waals surface area (Å²) in [6.45, 7) is 0.185. The quantitative estimate of drug-likeness (QED) is 0.837. The van der Waals surface area contributed by atoms with Crippen molar-refractivity contribution in [2.24, 2.45) is 0 Å². The first kappa shape index (κ1) is 14.7. The molecule has 0 fully saturated rings. The Balaban J connectivity index is 1.98. The number of benzene rings is 2. The lowest BCUT2D eigenvalue weighted by molar-refractivity contribution is 0.101. The van der Waals surface area contributed by atoms with Crippen LogP contribution in [0.3, 0.4) is 0 Å². The van der Waals surface area contributed by atoms with Crippen molar-refractivity contribution >= 4 is 34.7 Å². The standard InChI is InChI=1S/C15H13Cl2NO2/c1-20-12-5-2-10(3-6-12)15(19)9-18-11-4-7-13(16)14(17)8-11/h2-8,18H,9H2,1H3. The van der Waals surface area contributed by atoms with Gasteiger partial charge in [0.05, 0.1) is 23.7 Å². The Morgan fingerprint density at radius 2 is 1.80 bits per heavy atom. The maximum Gasteiger partial charge on any atom is 0.181 e. The summed E-state index contributed by atoms with van der Waals surface area (Å²) in [6, 6.07) is 12.1. The number of ether oxygens (including phenoxy) is 1. The van der Waals surface area contributed by atoms with Crippen molar-refractivity contribution in [2.45, 2.75) is 0 Å². The second-order valence-corrected chi connectivity index (χ2v) is 4.95. The molecule has 104 valence electrons. The Morgan fingerprint density at radius 3 is 2.40 bits per heavy atom. The van der Waals surface area contributed by atoms with Crippen molar-refractivity contribution in [3.63, 3.8) is 0 Å². The molecular weight excluding hydrogens is 297 g/mol. The number of hydrogen-bond acceptors (Lipinski definition) is 3. The van der Waals surface area contributed by atoms with Crippen LogP contribution in [0.5, 0.6) is 5.75 Å². The third-order valence-corrected chi connectivity index (χ3v) is 3.52. The summed E-state index contributed by atoms with van der Waals surface area (Å²) < 4.78 is 5.05. The molecule has 0 spiro atoms. The van der Waals surface area contributed by atoms with E-state index in [1.807, 2.05) is 0 Å². The summed E-state index contributed by atoms with van der Waals surface area (Å²) >= 11 is 11.7. The van der Waals surface area contributed by atoms with E-state index in [1.165, 1.54) is 0 Å². The highest BCUT2D eigenvalue weighted by molar-refractivity contribution is 6.42.